The summed E-state index contributed by atoms with van der Waals surface area (Å²) in [6.07, 6.45) is 6.52. The molecule has 16 heavy (non-hydrogen) atoms. The number of H-pyrrole nitrogens is 1. The van der Waals surface area contributed by atoms with Crippen LogP contribution in [0.4, 0.5) is 0 Å². The molecule has 0 fully saturated rings. The van der Waals surface area contributed by atoms with Gasteiger partial charge in [0.25, 0.3) is 0 Å². The summed E-state index contributed by atoms with van der Waals surface area (Å²) in [4.78, 5) is 14.7. The molecule has 82 valence electrons. The maximum absolute atomic E-state index is 11.7. The molecule has 0 aliphatic carbocycles. The molecule has 0 saturated carbocycles. The zero-order valence-corrected chi connectivity index (χ0v) is 9.40. The van der Waals surface area contributed by atoms with Gasteiger partial charge in [0.1, 0.15) is 0 Å². The Bertz CT molecular complexity index is 525. The van der Waals surface area contributed by atoms with Gasteiger partial charge < -0.3 is 4.98 Å². The van der Waals surface area contributed by atoms with Gasteiger partial charge in [0.15, 0.2) is 5.69 Å². The minimum atomic E-state index is -0.208. The van der Waals surface area contributed by atoms with Crippen LogP contribution in [0.3, 0.4) is 0 Å². The number of allylic oxidation sites excluding steroid dienone is 1. The van der Waals surface area contributed by atoms with E-state index in [0.717, 1.165) is 5.69 Å². The monoisotopic (exact) mass is 235 g/mol. The minimum Gasteiger partial charge on any atom is -0.362 e. The largest absolute Gasteiger partial charge is 0.362 e. The van der Waals surface area contributed by atoms with Crippen LogP contribution in [0, 0.1) is 0 Å². The first-order valence-corrected chi connectivity index (χ1v) is 5.09. The number of nitrogens with zero attached hydrogens (tertiary/aromatic N) is 2. The van der Waals surface area contributed by atoms with Crippen molar-refractivity contribution in [2.75, 3.05) is 0 Å². The molecule has 2 aromatic heterocycles. The summed E-state index contributed by atoms with van der Waals surface area (Å²) in [5, 5.41) is 4.35. The summed E-state index contributed by atoms with van der Waals surface area (Å²) in [5.41, 5.74) is 1.13. The molecule has 0 bridgehead atoms. The van der Waals surface area contributed by atoms with Gasteiger partial charge in [-0.3, -0.25) is 9.48 Å². The van der Waals surface area contributed by atoms with Crippen LogP contribution >= 0.6 is 11.6 Å². The fourth-order valence-electron chi connectivity index (χ4n) is 1.32. The van der Waals surface area contributed by atoms with Crippen molar-refractivity contribution >= 4 is 23.5 Å². The molecule has 2 heterocycles. The average molecular weight is 236 g/mol. The Morgan fingerprint density at radius 2 is 2.44 bits per heavy atom. The van der Waals surface area contributed by atoms with Gasteiger partial charge >= 0.3 is 0 Å². The van der Waals surface area contributed by atoms with Crippen molar-refractivity contribution in [2.45, 2.75) is 0 Å². The predicted octanol–water partition coefficient (Wildman–Crippen LogP) is 2.30. The van der Waals surface area contributed by atoms with E-state index in [0.29, 0.717) is 5.02 Å². The molecule has 0 saturated heterocycles. The topological polar surface area (TPSA) is 50.7 Å². The molecule has 0 unspecified atom stereocenters. The lowest BCUT2D eigenvalue weighted by molar-refractivity contribution is 0.104. The number of nitrogens with one attached hydrogen (secondary N) is 1. The van der Waals surface area contributed by atoms with Crippen LogP contribution < -0.4 is 0 Å². The number of rotatable bonds is 3. The van der Waals surface area contributed by atoms with Crippen LogP contribution in [-0.4, -0.2) is 20.5 Å². The van der Waals surface area contributed by atoms with Crippen molar-refractivity contribution in [1.29, 1.82) is 0 Å². The molecule has 0 amide bonds. The number of halogens is 1. The Labute approximate surface area is 97.5 Å². The third kappa shape index (κ3) is 2.23. The minimum absolute atomic E-state index is 0.208. The van der Waals surface area contributed by atoms with Gasteiger partial charge in [0.05, 0.1) is 5.02 Å². The molecule has 0 aromatic carbocycles. The summed E-state index contributed by atoms with van der Waals surface area (Å²) in [6, 6.07) is 3.72. The lowest BCUT2D eigenvalue weighted by Crippen LogP contribution is -1.98. The highest BCUT2D eigenvalue weighted by molar-refractivity contribution is 6.34. The van der Waals surface area contributed by atoms with Crippen molar-refractivity contribution in [3.63, 3.8) is 0 Å². The van der Waals surface area contributed by atoms with Gasteiger partial charge in [-0.05, 0) is 24.3 Å². The number of aromatic amines is 1. The van der Waals surface area contributed by atoms with Crippen LogP contribution in [0.2, 0.25) is 5.02 Å². The van der Waals surface area contributed by atoms with Gasteiger partial charge in [-0.2, -0.15) is 5.10 Å². The number of aryl methyl sites for hydroxylation is 1. The summed E-state index contributed by atoms with van der Waals surface area (Å²) >= 11 is 5.85. The fourth-order valence-corrected chi connectivity index (χ4v) is 1.59. The maximum atomic E-state index is 11.7. The second-order valence-electron chi connectivity index (χ2n) is 3.32. The molecule has 0 aliphatic heterocycles. The molecule has 0 aliphatic rings. The first kappa shape index (κ1) is 10.7. The number of hydrogen-bond donors (Lipinski definition) is 1. The zero-order valence-electron chi connectivity index (χ0n) is 8.64. The van der Waals surface area contributed by atoms with Crippen molar-refractivity contribution in [2.24, 2.45) is 7.05 Å². The molecule has 5 heteroatoms. The molecule has 0 spiro atoms. The van der Waals surface area contributed by atoms with Crippen molar-refractivity contribution in [1.82, 2.24) is 14.8 Å². The van der Waals surface area contributed by atoms with Crippen LogP contribution in [0.25, 0.3) is 6.08 Å². The Hall–Kier alpha value is -1.81. The molecule has 2 rings (SSSR count). The average Bonchev–Trinajstić information content (AvgIpc) is 2.84. The van der Waals surface area contributed by atoms with E-state index in [2.05, 4.69) is 10.1 Å². The van der Waals surface area contributed by atoms with E-state index < -0.39 is 0 Å². The van der Waals surface area contributed by atoms with Crippen molar-refractivity contribution in [3.05, 3.63) is 47.0 Å². The Morgan fingerprint density at radius 3 is 3.00 bits per heavy atom. The Balaban J connectivity index is 2.17. The van der Waals surface area contributed by atoms with Gasteiger partial charge in [-0.15, -0.1) is 0 Å². The molecule has 0 atom stereocenters. The number of aromatic nitrogens is 3. The second-order valence-corrected chi connectivity index (χ2v) is 3.73. The number of carbonyl (C=O) groups excluding carboxylic acids is 1. The van der Waals surface area contributed by atoms with Gasteiger partial charge in [0, 0.05) is 25.1 Å². The van der Waals surface area contributed by atoms with E-state index in [-0.39, 0.29) is 11.5 Å². The third-order valence-corrected chi connectivity index (χ3v) is 2.33. The molecule has 1 N–H and O–H groups in total. The Morgan fingerprint density at radius 1 is 1.62 bits per heavy atom. The maximum Gasteiger partial charge on any atom is 0.207 e. The summed E-state index contributed by atoms with van der Waals surface area (Å²) in [7, 11) is 1.72. The number of ketones is 1. The van der Waals surface area contributed by atoms with Crippen LogP contribution in [0.15, 0.2) is 30.6 Å². The normalized spacial score (nSPS) is 11.1. The summed E-state index contributed by atoms with van der Waals surface area (Å²) in [6.45, 7) is 0. The van der Waals surface area contributed by atoms with Gasteiger partial charge in [0.2, 0.25) is 5.78 Å². The lowest BCUT2D eigenvalue weighted by atomic mass is 10.2. The molecular formula is C11H10ClN3O. The van der Waals surface area contributed by atoms with Crippen molar-refractivity contribution in [3.8, 4) is 0 Å². The van der Waals surface area contributed by atoms with Gasteiger partial charge in [-0.25, -0.2) is 0 Å². The number of hydrogen-bond acceptors (Lipinski definition) is 2. The van der Waals surface area contributed by atoms with E-state index in [1.54, 1.807) is 25.5 Å². The van der Waals surface area contributed by atoms with Crippen LogP contribution in [-0.2, 0) is 7.05 Å². The predicted molar refractivity (Wildman–Crippen MR) is 62.4 cm³/mol. The van der Waals surface area contributed by atoms with E-state index in [4.69, 9.17) is 11.6 Å². The van der Waals surface area contributed by atoms with Crippen molar-refractivity contribution < 1.29 is 4.79 Å². The quantitative estimate of drug-likeness (QED) is 0.656. The summed E-state index contributed by atoms with van der Waals surface area (Å²) in [5.74, 6) is -0.208. The SMILES string of the molecule is Cn1cc(Cl)c(C(=O)/C=C/c2ccc[nH]2)n1. The molecular weight excluding hydrogens is 226 g/mol. The first-order valence-electron chi connectivity index (χ1n) is 4.72. The van der Waals surface area contributed by atoms with Gasteiger partial charge in [-0.1, -0.05) is 11.6 Å². The van der Waals surface area contributed by atoms with E-state index >= 15 is 0 Å². The molecule has 2 aromatic rings. The smallest absolute Gasteiger partial charge is 0.207 e. The third-order valence-electron chi connectivity index (χ3n) is 2.05. The highest BCUT2D eigenvalue weighted by atomic mass is 35.5. The van der Waals surface area contributed by atoms with E-state index in [1.807, 2.05) is 12.1 Å². The zero-order chi connectivity index (χ0) is 11.5. The van der Waals surface area contributed by atoms with E-state index in [9.17, 15) is 4.79 Å². The standard InChI is InChI=1S/C11H10ClN3O/c1-15-7-9(12)11(14-15)10(16)5-4-8-3-2-6-13-8/h2-7,13H,1H3/b5-4+. The van der Waals surface area contributed by atoms with Crippen LogP contribution in [0.1, 0.15) is 16.2 Å². The first-order chi connectivity index (χ1) is 7.66. The molecule has 4 nitrogen and oxygen atoms in total. The number of carbonyl (C=O) groups is 1. The highest BCUT2D eigenvalue weighted by Crippen LogP contribution is 2.14. The summed E-state index contributed by atoms with van der Waals surface area (Å²) < 4.78 is 1.51. The van der Waals surface area contributed by atoms with E-state index in [1.165, 1.54) is 10.8 Å². The molecule has 0 radical (unpaired) electrons. The fraction of sp³-hybridized carbons (Fsp3) is 0.0909. The highest BCUT2D eigenvalue weighted by Gasteiger charge is 2.11. The van der Waals surface area contributed by atoms with Crippen LogP contribution in [0.5, 0.6) is 0 Å². The second kappa shape index (κ2) is 4.37. The lowest BCUT2D eigenvalue weighted by Gasteiger charge is -1.89. The Kier molecular flexibility index (Phi) is 2.92.